The SMILES string of the molecule is Cc1cc(C)c(C(=O)O)c(SCC2CCC(C)(C)O2)n1. The first-order chi connectivity index (χ1) is 9.28. The average Bonchev–Trinajstić information content (AvgIpc) is 2.64. The van der Waals surface area contributed by atoms with Crippen molar-refractivity contribution in [2.45, 2.75) is 57.3 Å². The van der Waals surface area contributed by atoms with Crippen LogP contribution in [-0.2, 0) is 4.74 Å². The molecule has 1 saturated heterocycles. The second-order valence-electron chi connectivity index (χ2n) is 5.92. The van der Waals surface area contributed by atoms with Crippen LogP contribution in [0.5, 0.6) is 0 Å². The molecule has 0 spiro atoms. The van der Waals surface area contributed by atoms with Gasteiger partial charge < -0.3 is 9.84 Å². The number of hydrogen-bond acceptors (Lipinski definition) is 4. The highest BCUT2D eigenvalue weighted by atomic mass is 32.2. The molecule has 0 aliphatic carbocycles. The number of carbonyl (C=O) groups is 1. The fraction of sp³-hybridized carbons (Fsp3) is 0.600. The van der Waals surface area contributed by atoms with Gasteiger partial charge in [-0.05, 0) is 52.2 Å². The number of thioether (sulfide) groups is 1. The highest BCUT2D eigenvalue weighted by Gasteiger charge is 2.31. The maximum absolute atomic E-state index is 11.4. The lowest BCUT2D eigenvalue weighted by molar-refractivity contribution is -0.00469. The largest absolute Gasteiger partial charge is 0.478 e. The second kappa shape index (κ2) is 5.74. The van der Waals surface area contributed by atoms with Crippen LogP contribution in [0.1, 0.15) is 48.3 Å². The molecule has 20 heavy (non-hydrogen) atoms. The lowest BCUT2D eigenvalue weighted by Gasteiger charge is -2.19. The van der Waals surface area contributed by atoms with E-state index in [1.807, 2.05) is 19.9 Å². The number of pyridine rings is 1. The summed E-state index contributed by atoms with van der Waals surface area (Å²) in [5, 5.41) is 9.93. The normalized spacial score (nSPS) is 21.1. The topological polar surface area (TPSA) is 59.4 Å². The van der Waals surface area contributed by atoms with Gasteiger partial charge in [0.1, 0.15) is 5.03 Å². The van der Waals surface area contributed by atoms with E-state index in [0.717, 1.165) is 29.9 Å². The lowest BCUT2D eigenvalue weighted by Crippen LogP contribution is -2.21. The molecule has 0 saturated carbocycles. The third-order valence-electron chi connectivity index (χ3n) is 3.49. The number of carboxylic acid groups (broad SMARTS) is 1. The van der Waals surface area contributed by atoms with E-state index < -0.39 is 5.97 Å². The van der Waals surface area contributed by atoms with Crippen molar-refractivity contribution in [1.29, 1.82) is 0 Å². The van der Waals surface area contributed by atoms with Crippen LogP contribution < -0.4 is 0 Å². The molecule has 0 aromatic carbocycles. The highest BCUT2D eigenvalue weighted by Crippen LogP contribution is 2.33. The van der Waals surface area contributed by atoms with Crippen LogP contribution >= 0.6 is 11.8 Å². The van der Waals surface area contributed by atoms with Crippen molar-refractivity contribution in [3.05, 3.63) is 22.9 Å². The maximum atomic E-state index is 11.4. The Morgan fingerprint density at radius 1 is 1.55 bits per heavy atom. The minimum atomic E-state index is -0.912. The number of rotatable bonds is 4. The molecular formula is C15H21NO3S. The van der Waals surface area contributed by atoms with Crippen LogP contribution in [0.2, 0.25) is 0 Å². The zero-order chi connectivity index (χ0) is 14.9. The van der Waals surface area contributed by atoms with Gasteiger partial charge in [0, 0.05) is 11.4 Å². The molecule has 0 amide bonds. The molecule has 1 aromatic heterocycles. The molecule has 0 bridgehead atoms. The van der Waals surface area contributed by atoms with E-state index >= 15 is 0 Å². The Morgan fingerprint density at radius 2 is 2.25 bits per heavy atom. The van der Waals surface area contributed by atoms with Crippen molar-refractivity contribution in [3.63, 3.8) is 0 Å². The van der Waals surface area contributed by atoms with E-state index in [2.05, 4.69) is 18.8 Å². The number of ether oxygens (including phenoxy) is 1. The summed E-state index contributed by atoms with van der Waals surface area (Å²) in [4.78, 5) is 15.7. The summed E-state index contributed by atoms with van der Waals surface area (Å²) in [6.07, 6.45) is 2.25. The predicted molar refractivity (Wildman–Crippen MR) is 79.6 cm³/mol. The quantitative estimate of drug-likeness (QED) is 0.862. The predicted octanol–water partition coefficient (Wildman–Crippen LogP) is 3.45. The van der Waals surface area contributed by atoms with Crippen LogP contribution in [0, 0.1) is 13.8 Å². The molecule has 4 nitrogen and oxygen atoms in total. The fourth-order valence-corrected chi connectivity index (χ4v) is 3.71. The van der Waals surface area contributed by atoms with Crippen molar-refractivity contribution < 1.29 is 14.6 Å². The number of carboxylic acids is 1. The number of nitrogens with zero attached hydrogens (tertiary/aromatic N) is 1. The molecule has 5 heteroatoms. The summed E-state index contributed by atoms with van der Waals surface area (Å²) < 4.78 is 5.94. The van der Waals surface area contributed by atoms with Gasteiger partial charge >= 0.3 is 5.97 Å². The molecule has 0 radical (unpaired) electrons. The summed E-state index contributed by atoms with van der Waals surface area (Å²) in [6, 6.07) is 1.81. The van der Waals surface area contributed by atoms with Crippen LogP contribution in [0.4, 0.5) is 0 Å². The monoisotopic (exact) mass is 295 g/mol. The Labute approximate surface area is 123 Å². The summed E-state index contributed by atoms with van der Waals surface area (Å²) in [6.45, 7) is 7.89. The van der Waals surface area contributed by atoms with Gasteiger partial charge in [-0.1, -0.05) is 0 Å². The van der Waals surface area contributed by atoms with E-state index in [9.17, 15) is 9.90 Å². The molecule has 2 rings (SSSR count). The van der Waals surface area contributed by atoms with Crippen LogP contribution in [-0.4, -0.2) is 33.5 Å². The van der Waals surface area contributed by atoms with Gasteiger partial charge in [0.25, 0.3) is 0 Å². The third kappa shape index (κ3) is 3.52. The van der Waals surface area contributed by atoms with Crippen LogP contribution in [0.3, 0.4) is 0 Å². The van der Waals surface area contributed by atoms with Crippen molar-refractivity contribution in [2.75, 3.05) is 5.75 Å². The van der Waals surface area contributed by atoms with Gasteiger partial charge in [-0.15, -0.1) is 11.8 Å². The summed E-state index contributed by atoms with van der Waals surface area (Å²) in [5.74, 6) is -0.162. The van der Waals surface area contributed by atoms with Gasteiger partial charge in [-0.3, -0.25) is 0 Å². The van der Waals surface area contributed by atoms with E-state index in [1.54, 1.807) is 0 Å². The van der Waals surface area contributed by atoms with E-state index in [-0.39, 0.29) is 11.7 Å². The summed E-state index contributed by atoms with van der Waals surface area (Å²) in [7, 11) is 0. The Morgan fingerprint density at radius 3 is 2.80 bits per heavy atom. The Balaban J connectivity index is 2.11. The van der Waals surface area contributed by atoms with Crippen molar-refractivity contribution >= 4 is 17.7 Å². The molecule has 2 heterocycles. The molecule has 1 N–H and O–H groups in total. The van der Waals surface area contributed by atoms with E-state index in [1.165, 1.54) is 11.8 Å². The van der Waals surface area contributed by atoms with Crippen LogP contribution in [0.25, 0.3) is 0 Å². The van der Waals surface area contributed by atoms with Gasteiger partial charge in [-0.2, -0.15) is 0 Å². The van der Waals surface area contributed by atoms with Gasteiger partial charge in [-0.25, -0.2) is 9.78 Å². The second-order valence-corrected chi connectivity index (χ2v) is 6.92. The highest BCUT2D eigenvalue weighted by molar-refractivity contribution is 7.99. The van der Waals surface area contributed by atoms with Crippen LogP contribution in [0.15, 0.2) is 11.1 Å². The minimum absolute atomic E-state index is 0.0587. The summed E-state index contributed by atoms with van der Waals surface area (Å²) in [5.41, 5.74) is 1.87. The van der Waals surface area contributed by atoms with Crippen molar-refractivity contribution in [1.82, 2.24) is 4.98 Å². The zero-order valence-corrected chi connectivity index (χ0v) is 13.2. The number of aromatic nitrogens is 1. The maximum Gasteiger partial charge on any atom is 0.338 e. The third-order valence-corrected chi connectivity index (χ3v) is 4.59. The molecule has 1 atom stereocenters. The van der Waals surface area contributed by atoms with E-state index in [0.29, 0.717) is 10.6 Å². The Kier molecular flexibility index (Phi) is 4.39. The number of aromatic carboxylic acids is 1. The Hall–Kier alpha value is -1.07. The van der Waals surface area contributed by atoms with Gasteiger partial charge in [0.05, 0.1) is 17.3 Å². The number of aryl methyl sites for hydroxylation is 2. The molecular weight excluding hydrogens is 274 g/mol. The van der Waals surface area contributed by atoms with Gasteiger partial charge in [0.15, 0.2) is 0 Å². The lowest BCUT2D eigenvalue weighted by atomic mass is 10.1. The first kappa shape index (κ1) is 15.3. The molecule has 110 valence electrons. The first-order valence-electron chi connectivity index (χ1n) is 6.80. The van der Waals surface area contributed by atoms with E-state index in [4.69, 9.17) is 4.74 Å². The molecule has 1 fully saturated rings. The molecule has 1 unspecified atom stereocenters. The average molecular weight is 295 g/mol. The molecule has 1 aromatic rings. The number of hydrogen-bond donors (Lipinski definition) is 1. The summed E-state index contributed by atoms with van der Waals surface area (Å²) >= 11 is 1.48. The zero-order valence-electron chi connectivity index (χ0n) is 12.4. The first-order valence-corrected chi connectivity index (χ1v) is 7.79. The Bertz CT molecular complexity index is 528. The fourth-order valence-electron chi connectivity index (χ4n) is 2.53. The molecule has 1 aliphatic rings. The van der Waals surface area contributed by atoms with Crippen molar-refractivity contribution in [2.24, 2.45) is 0 Å². The van der Waals surface area contributed by atoms with Crippen molar-refractivity contribution in [3.8, 4) is 0 Å². The molecule has 1 aliphatic heterocycles. The van der Waals surface area contributed by atoms with Gasteiger partial charge in [0.2, 0.25) is 0 Å². The minimum Gasteiger partial charge on any atom is -0.478 e. The standard InChI is InChI=1S/C15H21NO3S/c1-9-7-10(2)16-13(12(9)14(17)18)20-8-11-5-6-15(3,4)19-11/h7,11H,5-6,8H2,1-4H3,(H,17,18). The smallest absolute Gasteiger partial charge is 0.338 e.